The van der Waals surface area contributed by atoms with Gasteiger partial charge in [0.1, 0.15) is 5.49 Å². The molecule has 132 valence electrons. The van der Waals surface area contributed by atoms with Crippen LogP contribution in [0.25, 0.3) is 0 Å². The molecule has 0 radical (unpaired) electrons. The molecule has 1 fully saturated rings. The Morgan fingerprint density at radius 3 is 2.44 bits per heavy atom. The molecule has 5 nitrogen and oxygen atoms in total. The molecule has 1 heterocycles. The molecule has 0 spiro atoms. The lowest BCUT2D eigenvalue weighted by molar-refractivity contribution is -0.123. The number of aryl methyl sites for hydroxylation is 1. The zero-order valence-corrected chi connectivity index (χ0v) is 17.0. The molecule has 0 N–H and O–H groups in total. The zero-order chi connectivity index (χ0) is 18.2. The molecule has 1 saturated carbocycles. The van der Waals surface area contributed by atoms with Gasteiger partial charge in [-0.2, -0.15) is 8.42 Å². The Balaban J connectivity index is 2.08. The van der Waals surface area contributed by atoms with E-state index in [2.05, 4.69) is 27.0 Å². The largest absolute Gasteiger partial charge is 0.321 e. The summed E-state index contributed by atoms with van der Waals surface area (Å²) in [7, 11) is -3.84. The van der Waals surface area contributed by atoms with Gasteiger partial charge in [-0.1, -0.05) is 17.7 Å². The van der Waals surface area contributed by atoms with E-state index >= 15 is 0 Å². The molecular formula is C18H19IN2O3S. The quantitative estimate of drug-likeness (QED) is 0.631. The van der Waals surface area contributed by atoms with Crippen molar-refractivity contribution < 1.29 is 13.2 Å². The number of ketones is 1. The molecule has 0 bridgehead atoms. The first kappa shape index (κ1) is 18.3. The molecule has 7 heteroatoms. The van der Waals surface area contributed by atoms with Gasteiger partial charge in [0.2, 0.25) is 0 Å². The van der Waals surface area contributed by atoms with Crippen molar-refractivity contribution in [1.29, 1.82) is 0 Å². The average molecular weight is 470 g/mol. The minimum absolute atomic E-state index is 0.0990. The van der Waals surface area contributed by atoms with Crippen LogP contribution in [0.2, 0.25) is 0 Å². The van der Waals surface area contributed by atoms with Gasteiger partial charge in [-0.05, 0) is 73.5 Å². The number of sulfonamides is 1. The Hall–Kier alpha value is -1.48. The first-order valence-electron chi connectivity index (χ1n) is 8.07. The van der Waals surface area contributed by atoms with E-state index in [1.165, 1.54) is 0 Å². The van der Waals surface area contributed by atoms with E-state index in [1.54, 1.807) is 54.1 Å². The van der Waals surface area contributed by atoms with Crippen LogP contribution < -0.4 is 5.49 Å². The standard InChI is InChI=1S/C18H19IN2O3S/c1-12-3-8-16(9-4-12)25(23,24)20-17-10-7-15(19)11-21(17)13(2)18(22)14-5-6-14/h3-4,7-11,13-14H,5-6H2,1-2H3. The Kier molecular flexibility index (Phi) is 5.15. The van der Waals surface area contributed by atoms with E-state index in [4.69, 9.17) is 0 Å². The molecule has 25 heavy (non-hydrogen) atoms. The fourth-order valence-corrected chi connectivity index (χ4v) is 4.07. The summed E-state index contributed by atoms with van der Waals surface area (Å²) in [5.74, 6) is 0.234. The van der Waals surface area contributed by atoms with Crippen LogP contribution in [-0.4, -0.2) is 18.8 Å². The van der Waals surface area contributed by atoms with E-state index in [0.717, 1.165) is 22.0 Å². The number of nitrogens with zero attached hydrogens (tertiary/aromatic N) is 2. The van der Waals surface area contributed by atoms with Crippen LogP contribution in [0, 0.1) is 16.4 Å². The van der Waals surface area contributed by atoms with Gasteiger partial charge in [0.25, 0.3) is 10.0 Å². The van der Waals surface area contributed by atoms with E-state index in [-0.39, 0.29) is 22.1 Å². The van der Waals surface area contributed by atoms with Crippen molar-refractivity contribution in [1.82, 2.24) is 4.57 Å². The summed E-state index contributed by atoms with van der Waals surface area (Å²) in [5.41, 5.74) is 1.24. The van der Waals surface area contributed by atoms with Crippen molar-refractivity contribution in [2.24, 2.45) is 10.3 Å². The Morgan fingerprint density at radius 2 is 1.84 bits per heavy atom. The predicted octanol–water partition coefficient (Wildman–Crippen LogP) is 3.23. The molecule has 1 atom stereocenters. The first-order chi connectivity index (χ1) is 11.8. The highest BCUT2D eigenvalue weighted by Crippen LogP contribution is 2.33. The van der Waals surface area contributed by atoms with Gasteiger partial charge in [-0.15, -0.1) is 4.40 Å². The number of hydrogen-bond donors (Lipinski definition) is 0. The average Bonchev–Trinajstić information content (AvgIpc) is 3.40. The SMILES string of the molecule is Cc1ccc(S(=O)(=O)N=c2ccc(I)cn2C(C)C(=O)C2CC2)cc1. The highest BCUT2D eigenvalue weighted by molar-refractivity contribution is 14.1. The number of pyridine rings is 1. The van der Waals surface area contributed by atoms with Crippen molar-refractivity contribution >= 4 is 38.4 Å². The van der Waals surface area contributed by atoms with Crippen molar-refractivity contribution in [3.63, 3.8) is 0 Å². The predicted molar refractivity (Wildman–Crippen MR) is 104 cm³/mol. The van der Waals surface area contributed by atoms with Crippen molar-refractivity contribution in [3.05, 3.63) is 57.2 Å². The fraction of sp³-hybridized carbons (Fsp3) is 0.333. The molecule has 1 aromatic carbocycles. The lowest BCUT2D eigenvalue weighted by Crippen LogP contribution is -2.30. The summed E-state index contributed by atoms with van der Waals surface area (Å²) >= 11 is 2.14. The number of benzene rings is 1. The first-order valence-corrected chi connectivity index (χ1v) is 10.6. The summed E-state index contributed by atoms with van der Waals surface area (Å²) in [6, 6.07) is 9.56. The summed E-state index contributed by atoms with van der Waals surface area (Å²) in [6.45, 7) is 3.69. The highest BCUT2D eigenvalue weighted by Gasteiger charge is 2.33. The molecule has 0 aliphatic heterocycles. The summed E-state index contributed by atoms with van der Waals surface area (Å²) < 4.78 is 31.8. The van der Waals surface area contributed by atoms with Crippen LogP contribution in [-0.2, 0) is 14.8 Å². The van der Waals surface area contributed by atoms with Crippen molar-refractivity contribution in [3.8, 4) is 0 Å². The third-order valence-corrected chi connectivity index (χ3v) is 6.19. The molecule has 3 rings (SSSR count). The minimum atomic E-state index is -3.84. The number of carbonyl (C=O) groups excluding carboxylic acids is 1. The molecule has 1 aromatic heterocycles. The molecule has 0 amide bonds. The molecule has 1 aliphatic rings. The van der Waals surface area contributed by atoms with E-state index in [0.29, 0.717) is 0 Å². The smallest absolute Gasteiger partial charge is 0.284 e. The van der Waals surface area contributed by atoms with Gasteiger partial charge in [0, 0.05) is 15.7 Å². The van der Waals surface area contributed by atoms with Gasteiger partial charge >= 0.3 is 0 Å². The number of rotatable bonds is 5. The molecule has 0 saturated heterocycles. The number of Topliss-reactive ketones (excluding diaryl/α,β-unsaturated/α-hetero) is 1. The van der Waals surface area contributed by atoms with E-state index < -0.39 is 16.1 Å². The van der Waals surface area contributed by atoms with Gasteiger partial charge in [0.15, 0.2) is 5.78 Å². The monoisotopic (exact) mass is 470 g/mol. The van der Waals surface area contributed by atoms with Crippen LogP contribution in [0.15, 0.2) is 51.9 Å². The summed E-state index contributed by atoms with van der Waals surface area (Å²) in [4.78, 5) is 12.6. The fourth-order valence-electron chi connectivity index (χ4n) is 2.60. The maximum absolute atomic E-state index is 12.6. The molecule has 2 aromatic rings. The second kappa shape index (κ2) is 7.03. The van der Waals surface area contributed by atoms with Crippen LogP contribution in [0.3, 0.4) is 0 Å². The van der Waals surface area contributed by atoms with Crippen molar-refractivity contribution in [2.75, 3.05) is 0 Å². The van der Waals surface area contributed by atoms with Crippen molar-refractivity contribution in [2.45, 2.75) is 37.6 Å². The molecular weight excluding hydrogens is 451 g/mol. The van der Waals surface area contributed by atoms with Gasteiger partial charge in [-0.3, -0.25) is 4.79 Å². The van der Waals surface area contributed by atoms with Crippen LogP contribution in [0.5, 0.6) is 0 Å². The Labute approximate surface area is 161 Å². The number of halogens is 1. The number of carbonyl (C=O) groups is 1. The number of hydrogen-bond acceptors (Lipinski definition) is 3. The van der Waals surface area contributed by atoms with E-state index in [1.807, 2.05) is 6.92 Å². The normalized spacial score (nSPS) is 16.7. The summed E-state index contributed by atoms with van der Waals surface area (Å²) in [5, 5.41) is 0. The second-order valence-corrected chi connectivity index (χ2v) is 9.19. The number of aromatic nitrogens is 1. The molecule has 1 aliphatic carbocycles. The van der Waals surface area contributed by atoms with E-state index in [9.17, 15) is 13.2 Å². The van der Waals surface area contributed by atoms with Crippen LogP contribution in [0.4, 0.5) is 0 Å². The minimum Gasteiger partial charge on any atom is -0.321 e. The van der Waals surface area contributed by atoms with Gasteiger partial charge in [0.05, 0.1) is 10.9 Å². The maximum atomic E-state index is 12.6. The lowest BCUT2D eigenvalue weighted by atomic mass is 10.1. The van der Waals surface area contributed by atoms with Crippen LogP contribution in [0.1, 0.15) is 31.4 Å². The third-order valence-electron chi connectivity index (χ3n) is 4.26. The Bertz CT molecular complexity index is 974. The Morgan fingerprint density at radius 1 is 1.20 bits per heavy atom. The van der Waals surface area contributed by atoms with Crippen LogP contribution >= 0.6 is 22.6 Å². The lowest BCUT2D eigenvalue weighted by Gasteiger charge is -2.15. The highest BCUT2D eigenvalue weighted by atomic mass is 127. The van der Waals surface area contributed by atoms with Gasteiger partial charge < -0.3 is 4.57 Å². The topological polar surface area (TPSA) is 68.5 Å². The third kappa shape index (κ3) is 4.20. The summed E-state index contributed by atoms with van der Waals surface area (Å²) in [6.07, 6.45) is 3.61. The zero-order valence-electron chi connectivity index (χ0n) is 14.0. The molecule has 1 unspecified atom stereocenters. The maximum Gasteiger partial charge on any atom is 0.284 e. The second-order valence-electron chi connectivity index (χ2n) is 6.34. The van der Waals surface area contributed by atoms with Gasteiger partial charge in [-0.25, -0.2) is 0 Å².